The number of anilines is 1. The molecule has 1 aliphatic heterocycles. The zero-order valence-corrected chi connectivity index (χ0v) is 9.73. The summed E-state index contributed by atoms with van der Waals surface area (Å²) in [5, 5.41) is 3.06. The van der Waals surface area contributed by atoms with Crippen molar-refractivity contribution < 1.29 is 9.13 Å². The predicted molar refractivity (Wildman–Crippen MR) is 62.4 cm³/mol. The quantitative estimate of drug-likeness (QED) is 0.770. The number of aromatic nitrogens is 2. The van der Waals surface area contributed by atoms with Gasteiger partial charge in [0, 0.05) is 19.6 Å². The summed E-state index contributed by atoms with van der Waals surface area (Å²) in [6.07, 6.45) is 3.34. The third-order valence-corrected chi connectivity index (χ3v) is 2.66. The molecule has 1 aliphatic rings. The third kappa shape index (κ3) is 4.24. The summed E-state index contributed by atoms with van der Waals surface area (Å²) in [6.45, 7) is 5.50. The second-order valence-corrected chi connectivity index (χ2v) is 3.96. The average Bonchev–Trinajstić information content (AvgIpc) is 2.38. The lowest BCUT2D eigenvalue weighted by molar-refractivity contribution is 0.0378. The first kappa shape index (κ1) is 12.2. The van der Waals surface area contributed by atoms with Gasteiger partial charge >= 0.3 is 0 Å². The molecule has 0 radical (unpaired) electrons. The number of hydrogen-bond acceptors (Lipinski definition) is 5. The normalized spacial score (nSPS) is 17.0. The molecule has 5 nitrogen and oxygen atoms in total. The molecule has 0 spiro atoms. The summed E-state index contributed by atoms with van der Waals surface area (Å²) in [5.74, 6) is 0.0669. The van der Waals surface area contributed by atoms with Crippen molar-refractivity contribution in [1.29, 1.82) is 0 Å². The van der Waals surface area contributed by atoms with E-state index in [9.17, 15) is 4.39 Å². The van der Waals surface area contributed by atoms with E-state index in [1.165, 1.54) is 0 Å². The Kier molecular flexibility index (Phi) is 4.63. The van der Waals surface area contributed by atoms with Gasteiger partial charge < -0.3 is 10.1 Å². The molecule has 0 amide bonds. The van der Waals surface area contributed by atoms with Crippen molar-refractivity contribution >= 4 is 5.95 Å². The lowest BCUT2D eigenvalue weighted by Gasteiger charge is -2.26. The predicted octanol–water partition coefficient (Wildman–Crippen LogP) is 0.750. The largest absolute Gasteiger partial charge is 0.379 e. The Bertz CT molecular complexity index is 327. The second kappa shape index (κ2) is 6.46. The van der Waals surface area contributed by atoms with Gasteiger partial charge in [-0.25, -0.2) is 14.4 Å². The van der Waals surface area contributed by atoms with E-state index in [2.05, 4.69) is 20.2 Å². The summed E-state index contributed by atoms with van der Waals surface area (Å²) in [7, 11) is 0. The van der Waals surface area contributed by atoms with Crippen molar-refractivity contribution in [2.75, 3.05) is 44.7 Å². The summed E-state index contributed by atoms with van der Waals surface area (Å²) >= 11 is 0. The molecule has 1 N–H and O–H groups in total. The van der Waals surface area contributed by atoms with E-state index in [1.54, 1.807) is 0 Å². The van der Waals surface area contributed by atoms with Crippen LogP contribution in [0.5, 0.6) is 0 Å². The first-order chi connectivity index (χ1) is 8.34. The molecule has 0 unspecified atom stereocenters. The van der Waals surface area contributed by atoms with Gasteiger partial charge in [-0.1, -0.05) is 0 Å². The van der Waals surface area contributed by atoms with Crippen LogP contribution in [0.15, 0.2) is 12.4 Å². The Morgan fingerprint density at radius 2 is 2.00 bits per heavy atom. The lowest BCUT2D eigenvalue weighted by Crippen LogP contribution is -2.37. The van der Waals surface area contributed by atoms with Gasteiger partial charge in [0.15, 0.2) is 5.82 Å². The molecule has 1 fully saturated rings. The van der Waals surface area contributed by atoms with Gasteiger partial charge in [-0.05, 0) is 13.0 Å². The van der Waals surface area contributed by atoms with Crippen LogP contribution in [0.4, 0.5) is 10.3 Å². The minimum absolute atomic E-state index is 0.413. The van der Waals surface area contributed by atoms with Gasteiger partial charge in [0.25, 0.3) is 0 Å². The Hall–Kier alpha value is -1.27. The van der Waals surface area contributed by atoms with E-state index in [-0.39, 0.29) is 0 Å². The smallest absolute Gasteiger partial charge is 0.222 e. The van der Waals surface area contributed by atoms with Gasteiger partial charge in [0.05, 0.1) is 25.6 Å². The number of halogens is 1. The summed E-state index contributed by atoms with van der Waals surface area (Å²) in [4.78, 5) is 10.0. The number of morpholine rings is 1. The van der Waals surface area contributed by atoms with E-state index < -0.39 is 5.82 Å². The van der Waals surface area contributed by atoms with Crippen molar-refractivity contribution in [3.05, 3.63) is 18.2 Å². The highest BCUT2D eigenvalue weighted by Crippen LogP contribution is 2.00. The molecule has 1 aromatic rings. The number of nitrogens with one attached hydrogen (secondary N) is 1. The first-order valence-corrected chi connectivity index (χ1v) is 5.86. The van der Waals surface area contributed by atoms with Crippen LogP contribution in [-0.4, -0.2) is 54.3 Å². The summed E-state index contributed by atoms with van der Waals surface area (Å²) in [5.41, 5.74) is 0. The number of ether oxygens (including phenoxy) is 1. The van der Waals surface area contributed by atoms with Crippen LogP contribution in [-0.2, 0) is 4.74 Å². The van der Waals surface area contributed by atoms with Crippen LogP contribution in [0.3, 0.4) is 0 Å². The second-order valence-electron chi connectivity index (χ2n) is 3.96. The van der Waals surface area contributed by atoms with Gasteiger partial charge in [0.2, 0.25) is 5.95 Å². The zero-order chi connectivity index (χ0) is 11.9. The number of nitrogens with zero attached hydrogens (tertiary/aromatic N) is 3. The van der Waals surface area contributed by atoms with Crippen molar-refractivity contribution in [3.63, 3.8) is 0 Å². The van der Waals surface area contributed by atoms with E-state index in [0.29, 0.717) is 5.95 Å². The first-order valence-electron chi connectivity index (χ1n) is 5.86. The molecule has 2 heterocycles. The van der Waals surface area contributed by atoms with Crippen LogP contribution in [0.1, 0.15) is 6.42 Å². The van der Waals surface area contributed by atoms with E-state index in [0.717, 1.165) is 58.2 Å². The van der Waals surface area contributed by atoms with Crippen LogP contribution < -0.4 is 5.32 Å². The topological polar surface area (TPSA) is 50.3 Å². The Balaban J connectivity index is 1.60. The maximum atomic E-state index is 12.5. The van der Waals surface area contributed by atoms with Gasteiger partial charge in [-0.2, -0.15) is 0 Å². The Morgan fingerprint density at radius 3 is 2.71 bits per heavy atom. The molecule has 6 heteroatoms. The maximum absolute atomic E-state index is 12.5. The summed E-state index contributed by atoms with van der Waals surface area (Å²) in [6, 6.07) is 0. The molecule has 0 saturated carbocycles. The average molecular weight is 240 g/mol. The third-order valence-electron chi connectivity index (χ3n) is 2.66. The Morgan fingerprint density at radius 1 is 1.29 bits per heavy atom. The Labute approximate surface area is 100 Å². The van der Waals surface area contributed by atoms with Crippen molar-refractivity contribution in [3.8, 4) is 0 Å². The van der Waals surface area contributed by atoms with Gasteiger partial charge in [0.1, 0.15) is 0 Å². The van der Waals surface area contributed by atoms with Crippen LogP contribution in [0.2, 0.25) is 0 Å². The molecule has 1 aromatic heterocycles. The molecular weight excluding hydrogens is 223 g/mol. The monoisotopic (exact) mass is 240 g/mol. The van der Waals surface area contributed by atoms with Crippen LogP contribution >= 0.6 is 0 Å². The fourth-order valence-corrected chi connectivity index (χ4v) is 1.73. The maximum Gasteiger partial charge on any atom is 0.222 e. The fourth-order valence-electron chi connectivity index (χ4n) is 1.73. The van der Waals surface area contributed by atoms with Crippen molar-refractivity contribution in [1.82, 2.24) is 14.9 Å². The van der Waals surface area contributed by atoms with Crippen molar-refractivity contribution in [2.24, 2.45) is 0 Å². The van der Waals surface area contributed by atoms with Gasteiger partial charge in [-0.15, -0.1) is 0 Å². The summed E-state index contributed by atoms with van der Waals surface area (Å²) < 4.78 is 17.8. The lowest BCUT2D eigenvalue weighted by atomic mass is 10.3. The molecule has 0 aromatic carbocycles. The minimum Gasteiger partial charge on any atom is -0.379 e. The van der Waals surface area contributed by atoms with Crippen LogP contribution in [0, 0.1) is 5.82 Å². The molecule has 1 saturated heterocycles. The highest BCUT2D eigenvalue weighted by Gasteiger charge is 2.08. The van der Waals surface area contributed by atoms with E-state index >= 15 is 0 Å². The molecule has 94 valence electrons. The number of hydrogen-bond donors (Lipinski definition) is 1. The molecule has 0 bridgehead atoms. The van der Waals surface area contributed by atoms with E-state index in [1.807, 2.05) is 0 Å². The number of rotatable bonds is 5. The molecule has 17 heavy (non-hydrogen) atoms. The fraction of sp³-hybridized carbons (Fsp3) is 0.636. The highest BCUT2D eigenvalue weighted by atomic mass is 19.1. The molecule has 0 aliphatic carbocycles. The standard InChI is InChI=1S/C11H17FN4O/c12-10-8-14-11(15-9-10)13-2-1-3-16-4-6-17-7-5-16/h8-9H,1-7H2,(H,13,14,15). The zero-order valence-electron chi connectivity index (χ0n) is 9.73. The molecular formula is C11H17FN4O. The SMILES string of the molecule is Fc1cnc(NCCCN2CCOCC2)nc1. The van der Waals surface area contributed by atoms with Gasteiger partial charge in [-0.3, -0.25) is 4.90 Å². The highest BCUT2D eigenvalue weighted by molar-refractivity contribution is 5.21. The molecule has 2 rings (SSSR count). The van der Waals surface area contributed by atoms with Crippen LogP contribution in [0.25, 0.3) is 0 Å². The minimum atomic E-state index is -0.413. The van der Waals surface area contributed by atoms with Crippen molar-refractivity contribution in [2.45, 2.75) is 6.42 Å². The van der Waals surface area contributed by atoms with E-state index in [4.69, 9.17) is 4.74 Å². The molecule has 0 atom stereocenters.